The number of nitrogens with zero attached hydrogens (tertiary/aromatic N) is 1. The molecule has 4 aromatic carbocycles. The molecule has 3 atom stereocenters. The van der Waals surface area contributed by atoms with Gasteiger partial charge in [-0.3, -0.25) is 14.3 Å². The molecule has 1 aliphatic heterocycles. The van der Waals surface area contributed by atoms with E-state index < -0.39 is 47.0 Å². The molecule has 1 fully saturated rings. The average molecular weight is 669 g/mol. The van der Waals surface area contributed by atoms with Crippen LogP contribution < -0.4 is 21.9 Å². The van der Waals surface area contributed by atoms with Gasteiger partial charge in [0, 0.05) is 23.9 Å². The van der Waals surface area contributed by atoms with Gasteiger partial charge in [-0.1, -0.05) is 104 Å². The summed E-state index contributed by atoms with van der Waals surface area (Å²) in [6.45, 7) is 5.64. The number of aromatic nitrogens is 2. The van der Waals surface area contributed by atoms with Crippen molar-refractivity contribution < 1.29 is 22.6 Å². The van der Waals surface area contributed by atoms with Crippen molar-refractivity contribution in [2.45, 2.75) is 43.5 Å². The number of H-pyrrole nitrogens is 1. The van der Waals surface area contributed by atoms with Crippen molar-refractivity contribution in [3.63, 3.8) is 0 Å². The SMILES string of the molecule is C=C(Nc1cccc(C(F)(F)F)c1)N[C@H]1C[C@H](n2cc(C)c(=O)[nH]c2=O)O[C@@H]1COC(c1ccccc1)(c1ccccc1)c1ccccc1. The van der Waals surface area contributed by atoms with Crippen molar-refractivity contribution in [1.82, 2.24) is 14.9 Å². The van der Waals surface area contributed by atoms with Crippen LogP contribution in [0.5, 0.6) is 0 Å². The molecule has 6 rings (SSSR count). The fourth-order valence-electron chi connectivity index (χ4n) is 6.19. The second kappa shape index (κ2) is 14.0. The molecule has 0 saturated carbocycles. The third-order valence-corrected chi connectivity index (χ3v) is 8.54. The van der Waals surface area contributed by atoms with Gasteiger partial charge in [0.05, 0.1) is 24.0 Å². The molecular weight excluding hydrogens is 633 g/mol. The van der Waals surface area contributed by atoms with Crippen LogP contribution in [0.3, 0.4) is 0 Å². The molecule has 5 aromatic rings. The maximum absolute atomic E-state index is 13.4. The topological polar surface area (TPSA) is 97.4 Å². The van der Waals surface area contributed by atoms with Crippen molar-refractivity contribution >= 4 is 5.69 Å². The first-order chi connectivity index (χ1) is 23.5. The standard InChI is InChI=1S/C38H35F3N4O4/c1-25-23-45(36(47)44-35(25)46)34-22-32(43-26(2)42-31-20-12-19-30(21-31)38(39,40)41)33(49-34)24-48-37(27-13-6-3-7-14-27,28-15-8-4-9-16-28)29-17-10-5-11-18-29/h3-21,23,32-34,42-43H,2,22,24H2,1H3,(H,44,46,47)/t32-,33+,34+/m0/s1. The molecule has 8 nitrogen and oxygen atoms in total. The van der Waals surface area contributed by atoms with Gasteiger partial charge in [0.15, 0.2) is 0 Å². The lowest BCUT2D eigenvalue weighted by Crippen LogP contribution is -2.43. The highest BCUT2D eigenvalue weighted by Crippen LogP contribution is 2.41. The van der Waals surface area contributed by atoms with Crippen molar-refractivity contribution in [1.29, 1.82) is 0 Å². The number of halogens is 3. The number of anilines is 1. The number of rotatable bonds is 11. The Labute approximate surface area is 280 Å². The highest BCUT2D eigenvalue weighted by Gasteiger charge is 2.42. The van der Waals surface area contributed by atoms with E-state index in [1.165, 1.54) is 22.9 Å². The first kappa shape index (κ1) is 33.5. The van der Waals surface area contributed by atoms with Crippen molar-refractivity contribution in [2.24, 2.45) is 0 Å². The molecule has 11 heteroatoms. The second-order valence-electron chi connectivity index (χ2n) is 11.9. The molecule has 0 amide bonds. The van der Waals surface area contributed by atoms with Crippen LogP contribution in [0.25, 0.3) is 0 Å². The van der Waals surface area contributed by atoms with Gasteiger partial charge in [0.1, 0.15) is 17.9 Å². The fraction of sp³-hybridized carbons (Fsp3) is 0.211. The van der Waals surface area contributed by atoms with Crippen LogP contribution in [-0.2, 0) is 21.3 Å². The largest absolute Gasteiger partial charge is 0.416 e. The molecule has 0 unspecified atom stereocenters. The smallest absolute Gasteiger partial charge is 0.367 e. The quantitative estimate of drug-likeness (QED) is 0.136. The first-order valence-electron chi connectivity index (χ1n) is 15.7. The zero-order chi connectivity index (χ0) is 34.6. The van der Waals surface area contributed by atoms with Gasteiger partial charge in [-0.15, -0.1) is 0 Å². The minimum absolute atomic E-state index is 0.0285. The number of benzene rings is 4. The molecule has 1 aliphatic rings. The summed E-state index contributed by atoms with van der Waals surface area (Å²) < 4.78 is 55.0. The lowest BCUT2D eigenvalue weighted by atomic mass is 9.80. The molecule has 2 heterocycles. The fourth-order valence-corrected chi connectivity index (χ4v) is 6.19. The van der Waals surface area contributed by atoms with E-state index in [0.29, 0.717) is 5.56 Å². The van der Waals surface area contributed by atoms with E-state index in [1.807, 2.05) is 91.0 Å². The minimum Gasteiger partial charge on any atom is -0.367 e. The Hall–Kier alpha value is -5.39. The minimum atomic E-state index is -4.51. The highest BCUT2D eigenvalue weighted by atomic mass is 19.4. The molecule has 49 heavy (non-hydrogen) atoms. The zero-order valence-electron chi connectivity index (χ0n) is 26.6. The summed E-state index contributed by atoms with van der Waals surface area (Å²) in [5, 5.41) is 6.17. The normalized spacial score (nSPS) is 17.8. The number of ether oxygens (including phenoxy) is 2. The van der Waals surface area contributed by atoms with Gasteiger partial charge in [-0.25, -0.2) is 4.79 Å². The molecule has 0 spiro atoms. The number of aryl methyl sites for hydroxylation is 1. The average Bonchev–Trinajstić information content (AvgIpc) is 3.49. The molecule has 0 radical (unpaired) electrons. The third kappa shape index (κ3) is 7.23. The summed E-state index contributed by atoms with van der Waals surface area (Å²) in [5.74, 6) is 0.226. The van der Waals surface area contributed by atoms with Crippen LogP contribution in [0, 0.1) is 6.92 Å². The maximum Gasteiger partial charge on any atom is 0.416 e. The second-order valence-corrected chi connectivity index (χ2v) is 11.9. The van der Waals surface area contributed by atoms with E-state index >= 15 is 0 Å². The van der Waals surface area contributed by atoms with Crippen molar-refractivity contribution in [3.8, 4) is 0 Å². The lowest BCUT2D eigenvalue weighted by molar-refractivity contribution is -0.137. The molecular formula is C38H35F3N4O4. The van der Waals surface area contributed by atoms with Gasteiger partial charge in [0.25, 0.3) is 5.56 Å². The number of nitrogens with one attached hydrogen (secondary N) is 3. The van der Waals surface area contributed by atoms with Crippen LogP contribution in [0.2, 0.25) is 0 Å². The Morgan fingerprint density at radius 3 is 1.98 bits per heavy atom. The van der Waals surface area contributed by atoms with Crippen LogP contribution in [-0.4, -0.2) is 28.3 Å². The Kier molecular flexibility index (Phi) is 9.57. The van der Waals surface area contributed by atoms with Crippen molar-refractivity contribution in [2.75, 3.05) is 11.9 Å². The Morgan fingerprint density at radius 2 is 1.43 bits per heavy atom. The summed E-state index contributed by atoms with van der Waals surface area (Å²) in [6, 6.07) is 33.7. The van der Waals surface area contributed by atoms with E-state index in [2.05, 4.69) is 22.2 Å². The Bertz CT molecular complexity index is 1920. The summed E-state index contributed by atoms with van der Waals surface area (Å²) in [7, 11) is 0. The van der Waals surface area contributed by atoms with Gasteiger partial charge in [-0.05, 0) is 41.8 Å². The van der Waals surface area contributed by atoms with E-state index in [0.717, 1.165) is 28.8 Å². The van der Waals surface area contributed by atoms with E-state index in [-0.39, 0.29) is 24.5 Å². The van der Waals surface area contributed by atoms with Crippen LogP contribution in [0.4, 0.5) is 18.9 Å². The maximum atomic E-state index is 13.4. The summed E-state index contributed by atoms with van der Waals surface area (Å²) >= 11 is 0. The van der Waals surface area contributed by atoms with Gasteiger partial charge < -0.3 is 20.1 Å². The van der Waals surface area contributed by atoms with E-state index in [4.69, 9.17) is 9.47 Å². The number of hydrogen-bond donors (Lipinski definition) is 3. The lowest BCUT2D eigenvalue weighted by Gasteiger charge is -2.37. The molecule has 0 aliphatic carbocycles. The monoisotopic (exact) mass is 668 g/mol. The number of aromatic amines is 1. The first-order valence-corrected chi connectivity index (χ1v) is 15.7. The van der Waals surface area contributed by atoms with Gasteiger partial charge in [-0.2, -0.15) is 13.2 Å². The summed E-state index contributed by atoms with van der Waals surface area (Å²) in [6.07, 6.45) is -4.29. The van der Waals surface area contributed by atoms with Crippen LogP contribution in [0.1, 0.15) is 40.5 Å². The zero-order valence-corrected chi connectivity index (χ0v) is 26.6. The van der Waals surface area contributed by atoms with Gasteiger partial charge >= 0.3 is 11.9 Å². The molecule has 1 aromatic heterocycles. The highest BCUT2D eigenvalue weighted by molar-refractivity contribution is 5.50. The molecule has 252 valence electrons. The number of alkyl halides is 3. The van der Waals surface area contributed by atoms with E-state index in [9.17, 15) is 22.8 Å². The Balaban J connectivity index is 1.34. The summed E-state index contributed by atoms with van der Waals surface area (Å²) in [5.41, 5.74) is 0.193. The van der Waals surface area contributed by atoms with E-state index in [1.54, 1.807) is 6.92 Å². The van der Waals surface area contributed by atoms with Crippen LogP contribution >= 0.6 is 0 Å². The molecule has 3 N–H and O–H groups in total. The van der Waals surface area contributed by atoms with Gasteiger partial charge in [0.2, 0.25) is 0 Å². The molecule has 1 saturated heterocycles. The predicted molar refractivity (Wildman–Crippen MR) is 181 cm³/mol. The van der Waals surface area contributed by atoms with Crippen LogP contribution in [0.15, 0.2) is 143 Å². The molecule has 0 bridgehead atoms. The summed E-state index contributed by atoms with van der Waals surface area (Å²) in [4.78, 5) is 27.3. The third-order valence-electron chi connectivity index (χ3n) is 8.54. The predicted octanol–water partition coefficient (Wildman–Crippen LogP) is 6.70. The number of hydrogen-bond acceptors (Lipinski definition) is 6. The van der Waals surface area contributed by atoms with Crippen molar-refractivity contribution in [3.05, 3.63) is 183 Å². The Morgan fingerprint density at radius 1 is 0.878 bits per heavy atom.